The van der Waals surface area contributed by atoms with Crippen LogP contribution in [0.2, 0.25) is 10.0 Å². The number of nitrogens with zero attached hydrogens (tertiary/aromatic N) is 3. The molecule has 2 aromatic heterocycles. The second-order valence-corrected chi connectivity index (χ2v) is 6.54. The molecule has 1 aromatic carbocycles. The first-order valence-electron chi connectivity index (χ1n) is 7.83. The number of para-hydroxylation sites is 2. The van der Waals surface area contributed by atoms with Crippen molar-refractivity contribution in [3.63, 3.8) is 0 Å². The van der Waals surface area contributed by atoms with E-state index in [1.165, 1.54) is 6.20 Å². The van der Waals surface area contributed by atoms with Gasteiger partial charge in [-0.05, 0) is 31.0 Å². The van der Waals surface area contributed by atoms with Crippen molar-refractivity contribution in [1.82, 2.24) is 15.2 Å². The third kappa shape index (κ3) is 3.86. The van der Waals surface area contributed by atoms with Gasteiger partial charge in [0.25, 0.3) is 0 Å². The Morgan fingerprint density at radius 3 is 2.84 bits per heavy atom. The maximum absolute atomic E-state index is 6.12. The van der Waals surface area contributed by atoms with Gasteiger partial charge in [-0.15, -0.1) is 10.2 Å². The lowest BCUT2D eigenvalue weighted by Gasteiger charge is -2.12. The summed E-state index contributed by atoms with van der Waals surface area (Å²) in [7, 11) is 0. The average molecular weight is 377 g/mol. The van der Waals surface area contributed by atoms with E-state index in [2.05, 4.69) is 20.5 Å². The second kappa shape index (κ2) is 6.90. The van der Waals surface area contributed by atoms with E-state index in [9.17, 15) is 0 Å². The molecule has 3 aromatic rings. The van der Waals surface area contributed by atoms with Crippen molar-refractivity contribution in [3.8, 4) is 11.6 Å². The van der Waals surface area contributed by atoms with Gasteiger partial charge in [-0.3, -0.25) is 0 Å². The minimum absolute atomic E-state index is 0.286. The van der Waals surface area contributed by atoms with Crippen LogP contribution in [-0.2, 0) is 6.54 Å². The minimum Gasteiger partial charge on any atom is -0.435 e. The summed E-state index contributed by atoms with van der Waals surface area (Å²) >= 11 is 12.0. The SMILES string of the molecule is Clc1cnc(Oc2ccccc2NCc2nnc(C3CC3)o2)c(Cl)c1. The van der Waals surface area contributed by atoms with Gasteiger partial charge in [0.2, 0.25) is 17.7 Å². The van der Waals surface area contributed by atoms with E-state index in [0.29, 0.717) is 34.1 Å². The van der Waals surface area contributed by atoms with Crippen LogP contribution in [0.4, 0.5) is 5.69 Å². The summed E-state index contributed by atoms with van der Waals surface area (Å²) < 4.78 is 11.5. The zero-order valence-corrected chi connectivity index (χ0v) is 14.6. The number of ether oxygens (including phenoxy) is 1. The monoisotopic (exact) mass is 376 g/mol. The van der Waals surface area contributed by atoms with Crippen LogP contribution in [0.1, 0.15) is 30.5 Å². The number of halogens is 2. The van der Waals surface area contributed by atoms with Crippen LogP contribution in [0, 0.1) is 0 Å². The predicted molar refractivity (Wildman–Crippen MR) is 94.4 cm³/mol. The number of anilines is 1. The number of hydrogen-bond donors (Lipinski definition) is 1. The summed E-state index contributed by atoms with van der Waals surface area (Å²) in [5, 5.41) is 12.2. The smallest absolute Gasteiger partial charge is 0.238 e. The molecule has 0 aliphatic heterocycles. The molecule has 0 spiro atoms. The molecule has 1 saturated carbocycles. The molecule has 0 radical (unpaired) electrons. The first-order valence-corrected chi connectivity index (χ1v) is 8.59. The highest BCUT2D eigenvalue weighted by atomic mass is 35.5. The summed E-state index contributed by atoms with van der Waals surface area (Å²) in [5.41, 5.74) is 0.765. The Labute approximate surface area is 154 Å². The fourth-order valence-electron chi connectivity index (χ4n) is 2.29. The molecule has 1 fully saturated rings. The number of pyridine rings is 1. The van der Waals surface area contributed by atoms with Crippen LogP contribution in [0.25, 0.3) is 0 Å². The van der Waals surface area contributed by atoms with Crippen LogP contribution < -0.4 is 10.1 Å². The summed E-state index contributed by atoms with van der Waals surface area (Å²) in [6.45, 7) is 0.405. The van der Waals surface area contributed by atoms with E-state index in [0.717, 1.165) is 24.4 Å². The van der Waals surface area contributed by atoms with E-state index < -0.39 is 0 Å². The zero-order chi connectivity index (χ0) is 17.2. The van der Waals surface area contributed by atoms with Gasteiger partial charge < -0.3 is 14.5 Å². The third-order valence-corrected chi connectivity index (χ3v) is 4.18. The lowest BCUT2D eigenvalue weighted by Crippen LogP contribution is -2.02. The average Bonchev–Trinajstić information content (AvgIpc) is 3.35. The molecule has 128 valence electrons. The summed E-state index contributed by atoms with van der Waals surface area (Å²) in [5.74, 6) is 2.57. The van der Waals surface area contributed by atoms with Gasteiger partial charge in [-0.1, -0.05) is 35.3 Å². The van der Waals surface area contributed by atoms with Gasteiger partial charge in [0.15, 0.2) is 5.75 Å². The molecule has 1 aliphatic rings. The molecule has 6 nitrogen and oxygen atoms in total. The van der Waals surface area contributed by atoms with Crippen molar-refractivity contribution in [2.75, 3.05) is 5.32 Å². The molecule has 0 saturated heterocycles. The maximum Gasteiger partial charge on any atom is 0.238 e. The molecule has 4 rings (SSSR count). The van der Waals surface area contributed by atoms with E-state index >= 15 is 0 Å². The molecule has 8 heteroatoms. The van der Waals surface area contributed by atoms with E-state index in [1.807, 2.05) is 24.3 Å². The fourth-order valence-corrected chi connectivity index (χ4v) is 2.71. The van der Waals surface area contributed by atoms with Crippen LogP contribution in [-0.4, -0.2) is 15.2 Å². The topological polar surface area (TPSA) is 73.1 Å². The van der Waals surface area contributed by atoms with Gasteiger partial charge in [-0.25, -0.2) is 4.98 Å². The number of aromatic nitrogens is 3. The van der Waals surface area contributed by atoms with Crippen molar-refractivity contribution < 1.29 is 9.15 Å². The van der Waals surface area contributed by atoms with Gasteiger partial charge in [0, 0.05) is 12.1 Å². The number of nitrogens with one attached hydrogen (secondary N) is 1. The van der Waals surface area contributed by atoms with Crippen molar-refractivity contribution in [3.05, 3.63) is 58.4 Å². The lowest BCUT2D eigenvalue weighted by molar-refractivity contribution is 0.454. The molecule has 1 aliphatic carbocycles. The molecule has 25 heavy (non-hydrogen) atoms. The van der Waals surface area contributed by atoms with Crippen molar-refractivity contribution in [2.24, 2.45) is 0 Å². The first kappa shape index (κ1) is 16.2. The molecule has 0 amide bonds. The Balaban J connectivity index is 1.48. The van der Waals surface area contributed by atoms with Gasteiger partial charge >= 0.3 is 0 Å². The quantitative estimate of drug-likeness (QED) is 0.648. The maximum atomic E-state index is 6.12. The summed E-state index contributed by atoms with van der Waals surface area (Å²) in [4.78, 5) is 4.11. The van der Waals surface area contributed by atoms with Crippen LogP contribution >= 0.6 is 23.2 Å². The Kier molecular flexibility index (Phi) is 4.46. The van der Waals surface area contributed by atoms with Crippen molar-refractivity contribution in [2.45, 2.75) is 25.3 Å². The lowest BCUT2D eigenvalue weighted by atomic mass is 10.3. The highest BCUT2D eigenvalue weighted by molar-refractivity contribution is 6.35. The Hall–Kier alpha value is -2.31. The molecule has 2 heterocycles. The molecule has 1 N–H and O–H groups in total. The zero-order valence-electron chi connectivity index (χ0n) is 13.1. The summed E-state index contributed by atoms with van der Waals surface area (Å²) in [6.07, 6.45) is 3.73. The number of benzene rings is 1. The molecule has 0 bridgehead atoms. The van der Waals surface area contributed by atoms with Crippen LogP contribution in [0.15, 0.2) is 40.9 Å². The number of rotatable bonds is 6. The Morgan fingerprint density at radius 1 is 1.20 bits per heavy atom. The van der Waals surface area contributed by atoms with Crippen molar-refractivity contribution >= 4 is 28.9 Å². The Bertz CT molecular complexity index is 896. The summed E-state index contributed by atoms with van der Waals surface area (Å²) in [6, 6.07) is 9.05. The van der Waals surface area contributed by atoms with Gasteiger partial charge in [-0.2, -0.15) is 0 Å². The highest BCUT2D eigenvalue weighted by Gasteiger charge is 2.29. The second-order valence-electron chi connectivity index (χ2n) is 5.70. The predicted octanol–water partition coefficient (Wildman–Crippen LogP) is 5.05. The van der Waals surface area contributed by atoms with Gasteiger partial charge in [0.1, 0.15) is 5.02 Å². The normalized spacial score (nSPS) is 13.7. The fraction of sp³-hybridized carbons (Fsp3) is 0.235. The molecular weight excluding hydrogens is 363 g/mol. The highest BCUT2D eigenvalue weighted by Crippen LogP contribution is 2.39. The first-order chi connectivity index (χ1) is 12.2. The van der Waals surface area contributed by atoms with Crippen molar-refractivity contribution in [1.29, 1.82) is 0 Å². The number of hydrogen-bond acceptors (Lipinski definition) is 6. The van der Waals surface area contributed by atoms with Gasteiger partial charge in [0.05, 0.1) is 17.3 Å². The third-order valence-electron chi connectivity index (χ3n) is 3.71. The minimum atomic E-state index is 0.286. The van der Waals surface area contributed by atoms with E-state index in [1.54, 1.807) is 6.07 Å². The van der Waals surface area contributed by atoms with Crippen LogP contribution in [0.5, 0.6) is 11.6 Å². The standard InChI is InChI=1S/C17H14Cl2N4O2/c18-11-7-12(19)17(21-8-11)24-14-4-2-1-3-13(14)20-9-15-22-23-16(25-15)10-5-6-10/h1-4,7-8,10,20H,5-6,9H2. The largest absolute Gasteiger partial charge is 0.435 e. The molecule has 0 unspecified atom stereocenters. The van der Waals surface area contributed by atoms with E-state index in [4.69, 9.17) is 32.4 Å². The van der Waals surface area contributed by atoms with Crippen LogP contribution in [0.3, 0.4) is 0 Å². The Morgan fingerprint density at radius 2 is 2.04 bits per heavy atom. The molecule has 0 atom stereocenters. The molecular formula is C17H14Cl2N4O2. The van der Waals surface area contributed by atoms with E-state index in [-0.39, 0.29) is 5.88 Å².